The fourth-order valence-corrected chi connectivity index (χ4v) is 1.23. The molecule has 3 nitrogen and oxygen atoms in total. The Balaban J connectivity index is 2.67. The Morgan fingerprint density at radius 3 is 2.82 bits per heavy atom. The summed E-state index contributed by atoms with van der Waals surface area (Å²) in [6.45, 7) is 4.72. The molecule has 0 aliphatic carbocycles. The molecule has 0 bridgehead atoms. The molecule has 1 heterocycles. The molecule has 2 N–H and O–H groups in total. The lowest BCUT2D eigenvalue weighted by atomic mass is 10.1. The van der Waals surface area contributed by atoms with Gasteiger partial charge in [0.05, 0.1) is 6.61 Å². The standard InChI is InChI=1S/C8H15NO2/c1-3-6-5-11-8(10)9-7(6)4-2/h8-10H,3-5H2,1-2H3. The van der Waals surface area contributed by atoms with E-state index in [0.29, 0.717) is 6.61 Å². The first-order chi connectivity index (χ1) is 5.27. The Kier molecular flexibility index (Phi) is 2.91. The fraction of sp³-hybridized carbons (Fsp3) is 0.750. The van der Waals surface area contributed by atoms with Gasteiger partial charge in [-0.3, -0.25) is 0 Å². The summed E-state index contributed by atoms with van der Waals surface area (Å²) in [4.78, 5) is 0. The Bertz CT molecular complexity index is 165. The van der Waals surface area contributed by atoms with Crippen LogP contribution in [0.15, 0.2) is 11.3 Å². The van der Waals surface area contributed by atoms with Gasteiger partial charge < -0.3 is 15.2 Å². The van der Waals surface area contributed by atoms with E-state index in [2.05, 4.69) is 19.2 Å². The third-order valence-corrected chi connectivity index (χ3v) is 1.92. The van der Waals surface area contributed by atoms with Gasteiger partial charge in [0.25, 0.3) is 0 Å². The number of aliphatic hydroxyl groups is 1. The van der Waals surface area contributed by atoms with Crippen molar-refractivity contribution in [2.45, 2.75) is 33.1 Å². The quantitative estimate of drug-likeness (QED) is 0.627. The molecule has 11 heavy (non-hydrogen) atoms. The van der Waals surface area contributed by atoms with Crippen LogP contribution in [0, 0.1) is 0 Å². The summed E-state index contributed by atoms with van der Waals surface area (Å²) < 4.78 is 5.00. The summed E-state index contributed by atoms with van der Waals surface area (Å²) >= 11 is 0. The van der Waals surface area contributed by atoms with E-state index < -0.39 is 6.41 Å². The van der Waals surface area contributed by atoms with Crippen LogP contribution in [0.4, 0.5) is 0 Å². The minimum absolute atomic E-state index is 0.563. The first-order valence-corrected chi connectivity index (χ1v) is 4.05. The number of aliphatic hydroxyl groups excluding tert-OH is 1. The number of rotatable bonds is 2. The van der Waals surface area contributed by atoms with Crippen molar-refractivity contribution in [2.75, 3.05) is 6.61 Å². The largest absolute Gasteiger partial charge is 0.351 e. The molecule has 0 spiro atoms. The van der Waals surface area contributed by atoms with E-state index in [1.807, 2.05) is 0 Å². The molecule has 0 radical (unpaired) electrons. The Labute approximate surface area is 67.1 Å². The Morgan fingerprint density at radius 1 is 1.55 bits per heavy atom. The SMILES string of the molecule is CCC1=C(CC)NC(O)OC1. The van der Waals surface area contributed by atoms with E-state index in [1.165, 1.54) is 5.57 Å². The van der Waals surface area contributed by atoms with E-state index in [0.717, 1.165) is 18.5 Å². The highest BCUT2D eigenvalue weighted by Gasteiger charge is 2.15. The molecular weight excluding hydrogens is 142 g/mol. The van der Waals surface area contributed by atoms with Gasteiger partial charge in [-0.05, 0) is 18.4 Å². The fourth-order valence-electron chi connectivity index (χ4n) is 1.23. The minimum atomic E-state index is -0.805. The van der Waals surface area contributed by atoms with Crippen molar-refractivity contribution in [1.29, 1.82) is 0 Å². The van der Waals surface area contributed by atoms with Crippen molar-refractivity contribution in [1.82, 2.24) is 5.32 Å². The monoisotopic (exact) mass is 157 g/mol. The van der Waals surface area contributed by atoms with Gasteiger partial charge in [-0.2, -0.15) is 0 Å². The van der Waals surface area contributed by atoms with Crippen molar-refractivity contribution < 1.29 is 9.84 Å². The van der Waals surface area contributed by atoms with Crippen LogP contribution in [0.1, 0.15) is 26.7 Å². The number of hydrogen-bond donors (Lipinski definition) is 2. The van der Waals surface area contributed by atoms with Crippen molar-refractivity contribution in [3.63, 3.8) is 0 Å². The summed E-state index contributed by atoms with van der Waals surface area (Å²) in [5, 5.41) is 11.9. The molecular formula is C8H15NO2. The molecule has 1 aliphatic rings. The molecule has 1 atom stereocenters. The van der Waals surface area contributed by atoms with Crippen LogP contribution in [0.5, 0.6) is 0 Å². The van der Waals surface area contributed by atoms with Gasteiger partial charge in [-0.15, -0.1) is 0 Å². The summed E-state index contributed by atoms with van der Waals surface area (Å²) in [5.74, 6) is 0. The predicted octanol–water partition coefficient (Wildman–Crippen LogP) is 0.956. The third-order valence-electron chi connectivity index (χ3n) is 1.92. The molecule has 0 fully saturated rings. The van der Waals surface area contributed by atoms with Gasteiger partial charge in [0.1, 0.15) is 0 Å². The maximum Gasteiger partial charge on any atom is 0.235 e. The van der Waals surface area contributed by atoms with Gasteiger partial charge in [-0.25, -0.2) is 0 Å². The Hall–Kier alpha value is -0.540. The average Bonchev–Trinajstić information content (AvgIpc) is 2.04. The molecule has 0 amide bonds. The topological polar surface area (TPSA) is 41.5 Å². The molecule has 0 aromatic rings. The first-order valence-electron chi connectivity index (χ1n) is 4.05. The molecule has 0 saturated carbocycles. The molecule has 3 heteroatoms. The maximum atomic E-state index is 9.06. The van der Waals surface area contributed by atoms with Gasteiger partial charge in [0.15, 0.2) is 0 Å². The second-order valence-electron chi connectivity index (χ2n) is 2.60. The zero-order valence-electron chi connectivity index (χ0n) is 7.05. The lowest BCUT2D eigenvalue weighted by molar-refractivity contribution is -0.116. The van der Waals surface area contributed by atoms with Crippen LogP contribution < -0.4 is 5.32 Å². The molecule has 0 aromatic carbocycles. The average molecular weight is 157 g/mol. The highest BCUT2D eigenvalue weighted by atomic mass is 16.6. The zero-order chi connectivity index (χ0) is 8.27. The van der Waals surface area contributed by atoms with Crippen molar-refractivity contribution in [3.8, 4) is 0 Å². The van der Waals surface area contributed by atoms with Crippen LogP contribution >= 0.6 is 0 Å². The smallest absolute Gasteiger partial charge is 0.235 e. The summed E-state index contributed by atoms with van der Waals surface area (Å²) in [6, 6.07) is 0. The van der Waals surface area contributed by atoms with Gasteiger partial charge in [-0.1, -0.05) is 13.8 Å². The minimum Gasteiger partial charge on any atom is -0.351 e. The van der Waals surface area contributed by atoms with E-state index in [4.69, 9.17) is 9.84 Å². The molecule has 0 saturated heterocycles. The van der Waals surface area contributed by atoms with Crippen LogP contribution in [-0.4, -0.2) is 18.1 Å². The van der Waals surface area contributed by atoms with E-state index in [9.17, 15) is 0 Å². The van der Waals surface area contributed by atoms with Crippen LogP contribution in [0.2, 0.25) is 0 Å². The Morgan fingerprint density at radius 2 is 2.27 bits per heavy atom. The lowest BCUT2D eigenvalue weighted by Crippen LogP contribution is -2.36. The normalized spacial score (nSPS) is 25.2. The molecule has 64 valence electrons. The summed E-state index contributed by atoms with van der Waals surface area (Å²) in [5.41, 5.74) is 2.39. The third kappa shape index (κ3) is 1.94. The highest BCUT2D eigenvalue weighted by Crippen LogP contribution is 2.15. The van der Waals surface area contributed by atoms with Gasteiger partial charge in [0, 0.05) is 5.70 Å². The lowest BCUT2D eigenvalue weighted by Gasteiger charge is -2.25. The number of hydrogen-bond acceptors (Lipinski definition) is 3. The number of nitrogens with one attached hydrogen (secondary N) is 1. The maximum absolute atomic E-state index is 9.06. The van der Waals surface area contributed by atoms with Crippen molar-refractivity contribution in [2.24, 2.45) is 0 Å². The van der Waals surface area contributed by atoms with Gasteiger partial charge >= 0.3 is 0 Å². The van der Waals surface area contributed by atoms with Crippen LogP contribution in [-0.2, 0) is 4.74 Å². The second-order valence-corrected chi connectivity index (χ2v) is 2.60. The summed E-state index contributed by atoms with van der Waals surface area (Å²) in [7, 11) is 0. The summed E-state index contributed by atoms with van der Waals surface area (Å²) in [6.07, 6.45) is 1.12. The first kappa shape index (κ1) is 8.56. The van der Waals surface area contributed by atoms with Crippen molar-refractivity contribution in [3.05, 3.63) is 11.3 Å². The number of allylic oxidation sites excluding steroid dienone is 1. The van der Waals surface area contributed by atoms with Crippen LogP contribution in [0.25, 0.3) is 0 Å². The zero-order valence-corrected chi connectivity index (χ0v) is 7.05. The van der Waals surface area contributed by atoms with Crippen molar-refractivity contribution >= 4 is 0 Å². The second kappa shape index (κ2) is 3.74. The predicted molar refractivity (Wildman–Crippen MR) is 42.7 cm³/mol. The van der Waals surface area contributed by atoms with E-state index in [1.54, 1.807) is 0 Å². The molecule has 1 rings (SSSR count). The van der Waals surface area contributed by atoms with E-state index >= 15 is 0 Å². The van der Waals surface area contributed by atoms with Crippen LogP contribution in [0.3, 0.4) is 0 Å². The molecule has 1 unspecified atom stereocenters. The number of ether oxygens (including phenoxy) is 1. The van der Waals surface area contributed by atoms with Gasteiger partial charge in [0.2, 0.25) is 6.41 Å². The highest BCUT2D eigenvalue weighted by molar-refractivity contribution is 5.14. The molecule has 1 aliphatic heterocycles. The molecule has 0 aromatic heterocycles. The van der Waals surface area contributed by atoms with E-state index in [-0.39, 0.29) is 0 Å².